The largest absolute Gasteiger partial charge is 0.482 e. The predicted molar refractivity (Wildman–Crippen MR) is 98.2 cm³/mol. The number of pyridine rings is 1. The molecule has 1 aromatic heterocycles. The summed E-state index contributed by atoms with van der Waals surface area (Å²) < 4.78 is 5.37. The molecule has 0 spiro atoms. The number of ether oxygens (including phenoxy) is 1. The molecule has 0 aliphatic carbocycles. The van der Waals surface area contributed by atoms with Gasteiger partial charge >= 0.3 is 0 Å². The van der Waals surface area contributed by atoms with Gasteiger partial charge in [-0.05, 0) is 51.1 Å². The van der Waals surface area contributed by atoms with Crippen LogP contribution in [0, 0.1) is 0 Å². The van der Waals surface area contributed by atoms with E-state index in [-0.39, 0.29) is 18.1 Å². The number of hydrogen-bond acceptors (Lipinski definition) is 4. The van der Waals surface area contributed by atoms with Crippen LogP contribution in [0.3, 0.4) is 0 Å². The Hall–Kier alpha value is -1.98. The summed E-state index contributed by atoms with van der Waals surface area (Å²) >= 11 is 11.8. The number of hydrogen-bond donors (Lipinski definition) is 2. The van der Waals surface area contributed by atoms with Gasteiger partial charge in [-0.25, -0.2) is 4.98 Å². The minimum atomic E-state index is -0.329. The topological polar surface area (TPSA) is 63.2 Å². The molecule has 0 fully saturated rings. The summed E-state index contributed by atoms with van der Waals surface area (Å²) in [4.78, 5) is 16.1. The number of nitrogens with zero attached hydrogens (tertiary/aromatic N) is 1. The lowest BCUT2D eigenvalue weighted by molar-refractivity contribution is -0.118. The van der Waals surface area contributed by atoms with Crippen molar-refractivity contribution < 1.29 is 9.53 Å². The molecule has 1 amide bonds. The van der Waals surface area contributed by atoms with Gasteiger partial charge < -0.3 is 15.4 Å². The lowest BCUT2D eigenvalue weighted by Gasteiger charge is -2.21. The van der Waals surface area contributed by atoms with Crippen molar-refractivity contribution in [3.05, 3.63) is 46.6 Å². The molecule has 2 aromatic rings. The van der Waals surface area contributed by atoms with Crippen LogP contribution >= 0.6 is 23.2 Å². The van der Waals surface area contributed by atoms with Gasteiger partial charge in [0.15, 0.2) is 6.61 Å². The lowest BCUT2D eigenvalue weighted by atomic mass is 10.1. The minimum Gasteiger partial charge on any atom is -0.482 e. The van der Waals surface area contributed by atoms with E-state index in [1.54, 1.807) is 30.5 Å². The molecule has 2 N–H and O–H groups in total. The van der Waals surface area contributed by atoms with Crippen molar-refractivity contribution in [3.63, 3.8) is 0 Å². The number of carbonyl (C=O) groups is 1. The number of benzene rings is 1. The highest BCUT2D eigenvalue weighted by atomic mass is 35.5. The molecule has 0 saturated heterocycles. The van der Waals surface area contributed by atoms with E-state index in [1.807, 2.05) is 6.07 Å². The van der Waals surface area contributed by atoms with E-state index in [1.165, 1.54) is 0 Å². The van der Waals surface area contributed by atoms with Crippen LogP contribution in [0.4, 0.5) is 11.5 Å². The average molecular weight is 368 g/mol. The Morgan fingerprint density at radius 3 is 2.54 bits per heavy atom. The number of nitrogens with one attached hydrogen (secondary N) is 2. The number of aromatic nitrogens is 1. The summed E-state index contributed by atoms with van der Waals surface area (Å²) in [6.07, 6.45) is 1.66. The standard InChI is InChI=1S/C17H19Cl2N3O2/c1-17(2,3)22-12-5-7-15(20-9-12)21-16(23)10-24-14-6-4-11(18)8-13(14)19/h4-9,22H,10H2,1-3H3,(H,20,21,23). The molecule has 0 atom stereocenters. The van der Waals surface area contributed by atoms with Crippen LogP contribution in [0.5, 0.6) is 5.75 Å². The molecule has 0 saturated carbocycles. The number of halogens is 2. The molecule has 24 heavy (non-hydrogen) atoms. The van der Waals surface area contributed by atoms with E-state index in [0.29, 0.717) is 21.6 Å². The van der Waals surface area contributed by atoms with Gasteiger partial charge in [-0.15, -0.1) is 0 Å². The third-order valence-electron chi connectivity index (χ3n) is 2.80. The maximum atomic E-state index is 11.9. The quantitative estimate of drug-likeness (QED) is 0.809. The first-order chi connectivity index (χ1) is 11.2. The SMILES string of the molecule is CC(C)(C)Nc1ccc(NC(=O)COc2ccc(Cl)cc2Cl)nc1. The Balaban J connectivity index is 1.88. The maximum Gasteiger partial charge on any atom is 0.263 e. The highest BCUT2D eigenvalue weighted by Gasteiger charge is 2.10. The predicted octanol–water partition coefficient (Wildman–Crippen LogP) is 4.62. The highest BCUT2D eigenvalue weighted by molar-refractivity contribution is 6.35. The van der Waals surface area contributed by atoms with Crippen LogP contribution in [0.1, 0.15) is 20.8 Å². The van der Waals surface area contributed by atoms with Crippen LogP contribution in [0.25, 0.3) is 0 Å². The molecule has 0 bridgehead atoms. The first-order valence-electron chi connectivity index (χ1n) is 7.35. The van der Waals surface area contributed by atoms with E-state index < -0.39 is 0 Å². The van der Waals surface area contributed by atoms with Crippen molar-refractivity contribution in [2.45, 2.75) is 26.3 Å². The zero-order chi connectivity index (χ0) is 17.7. The van der Waals surface area contributed by atoms with Gasteiger partial charge in [-0.1, -0.05) is 23.2 Å². The molecule has 0 aliphatic rings. The van der Waals surface area contributed by atoms with E-state index in [2.05, 4.69) is 36.4 Å². The summed E-state index contributed by atoms with van der Waals surface area (Å²) in [6, 6.07) is 8.39. The van der Waals surface area contributed by atoms with E-state index in [4.69, 9.17) is 27.9 Å². The first-order valence-corrected chi connectivity index (χ1v) is 8.10. The zero-order valence-corrected chi connectivity index (χ0v) is 15.2. The second kappa shape index (κ2) is 7.73. The normalized spacial score (nSPS) is 11.0. The second-order valence-electron chi connectivity index (χ2n) is 6.22. The highest BCUT2D eigenvalue weighted by Crippen LogP contribution is 2.27. The van der Waals surface area contributed by atoms with Crippen molar-refractivity contribution >= 4 is 40.6 Å². The summed E-state index contributed by atoms with van der Waals surface area (Å²) in [5.74, 6) is 0.518. The molecule has 128 valence electrons. The summed E-state index contributed by atoms with van der Waals surface area (Å²) in [7, 11) is 0. The molecular formula is C17H19Cl2N3O2. The van der Waals surface area contributed by atoms with Crippen LogP contribution in [-0.4, -0.2) is 23.0 Å². The van der Waals surface area contributed by atoms with Gasteiger partial charge in [0.05, 0.1) is 16.9 Å². The molecule has 1 heterocycles. The smallest absolute Gasteiger partial charge is 0.263 e. The Bertz CT molecular complexity index is 713. The Labute approximate surface area is 151 Å². The van der Waals surface area contributed by atoms with Crippen LogP contribution < -0.4 is 15.4 Å². The van der Waals surface area contributed by atoms with Gasteiger partial charge in [0.25, 0.3) is 5.91 Å². The number of carbonyl (C=O) groups excluding carboxylic acids is 1. The molecule has 0 unspecified atom stereocenters. The summed E-state index contributed by atoms with van der Waals surface area (Å²) in [6.45, 7) is 6.00. The Morgan fingerprint density at radius 2 is 1.96 bits per heavy atom. The average Bonchev–Trinajstić information content (AvgIpc) is 2.47. The van der Waals surface area contributed by atoms with E-state index in [0.717, 1.165) is 5.69 Å². The van der Waals surface area contributed by atoms with Gasteiger partial charge in [0.2, 0.25) is 0 Å². The van der Waals surface area contributed by atoms with E-state index >= 15 is 0 Å². The van der Waals surface area contributed by atoms with Gasteiger partial charge in [0.1, 0.15) is 11.6 Å². The van der Waals surface area contributed by atoms with E-state index in [9.17, 15) is 4.79 Å². The van der Waals surface area contributed by atoms with Crippen LogP contribution in [0.2, 0.25) is 10.0 Å². The molecule has 0 aliphatic heterocycles. The summed E-state index contributed by atoms with van der Waals surface area (Å²) in [5.41, 5.74) is 0.822. The molecular weight excluding hydrogens is 349 g/mol. The second-order valence-corrected chi connectivity index (χ2v) is 7.06. The number of rotatable bonds is 5. The third-order valence-corrected chi connectivity index (χ3v) is 3.33. The van der Waals surface area contributed by atoms with Crippen LogP contribution in [-0.2, 0) is 4.79 Å². The minimum absolute atomic E-state index is 0.0574. The Morgan fingerprint density at radius 1 is 1.21 bits per heavy atom. The van der Waals surface area contributed by atoms with Crippen molar-refractivity contribution in [1.29, 1.82) is 0 Å². The fraction of sp³-hybridized carbons (Fsp3) is 0.294. The third kappa shape index (κ3) is 5.91. The maximum absolute atomic E-state index is 11.9. The van der Waals surface area contributed by atoms with Crippen molar-refractivity contribution in [2.24, 2.45) is 0 Å². The fourth-order valence-electron chi connectivity index (χ4n) is 1.89. The monoisotopic (exact) mass is 367 g/mol. The fourth-order valence-corrected chi connectivity index (χ4v) is 2.35. The van der Waals surface area contributed by atoms with Crippen molar-refractivity contribution in [3.8, 4) is 5.75 Å². The Kier molecular flexibility index (Phi) is 5.91. The number of anilines is 2. The lowest BCUT2D eigenvalue weighted by Crippen LogP contribution is -2.26. The van der Waals surface area contributed by atoms with Crippen molar-refractivity contribution in [1.82, 2.24) is 4.98 Å². The van der Waals surface area contributed by atoms with Gasteiger partial charge in [0, 0.05) is 10.6 Å². The molecule has 0 radical (unpaired) electrons. The summed E-state index contributed by atoms with van der Waals surface area (Å²) in [5, 5.41) is 6.81. The first kappa shape index (κ1) is 18.4. The van der Waals surface area contributed by atoms with Crippen molar-refractivity contribution in [2.75, 3.05) is 17.2 Å². The molecule has 1 aromatic carbocycles. The van der Waals surface area contributed by atoms with Crippen LogP contribution in [0.15, 0.2) is 36.5 Å². The van der Waals surface area contributed by atoms with Gasteiger partial charge in [-0.2, -0.15) is 0 Å². The molecule has 7 heteroatoms. The zero-order valence-electron chi connectivity index (χ0n) is 13.7. The number of amides is 1. The van der Waals surface area contributed by atoms with Gasteiger partial charge in [-0.3, -0.25) is 4.79 Å². The molecule has 5 nitrogen and oxygen atoms in total. The molecule has 2 rings (SSSR count).